The number of benzene rings is 1. The molecule has 1 aliphatic heterocycles. The largest absolute Gasteiger partial charge is 0.461 e. The number of hydrogen-bond acceptors (Lipinski definition) is 3. The van der Waals surface area contributed by atoms with Crippen LogP contribution in [0.2, 0.25) is 0 Å². The summed E-state index contributed by atoms with van der Waals surface area (Å²) >= 11 is 0. The van der Waals surface area contributed by atoms with Crippen LogP contribution in [-0.2, 0) is 22.6 Å². The topological polar surface area (TPSA) is 53.8 Å². The van der Waals surface area contributed by atoms with E-state index in [-0.39, 0.29) is 25.4 Å². The second kappa shape index (κ2) is 7.25. The highest BCUT2D eigenvalue weighted by Crippen LogP contribution is 2.29. The van der Waals surface area contributed by atoms with Crippen LogP contribution >= 0.6 is 0 Å². The van der Waals surface area contributed by atoms with Gasteiger partial charge in [0.1, 0.15) is 17.9 Å². The lowest BCUT2D eigenvalue weighted by atomic mass is 10.1. The molecule has 0 radical (unpaired) electrons. The molecule has 27 heavy (non-hydrogen) atoms. The average molecular weight is 382 g/mol. The summed E-state index contributed by atoms with van der Waals surface area (Å²) in [7, 11) is 1.60. The fourth-order valence-corrected chi connectivity index (χ4v) is 3.54. The molecule has 2 amide bonds. The third-order valence-electron chi connectivity index (χ3n) is 4.81. The molecule has 0 N–H and O–H groups in total. The highest BCUT2D eigenvalue weighted by atomic mass is 19.4. The third kappa shape index (κ3) is 4.09. The van der Waals surface area contributed by atoms with Crippen molar-refractivity contribution in [2.75, 3.05) is 20.1 Å². The SMILES string of the molecule is CCc1oc2ccccc2c1CN(C)C(=O)C1CC(=O)N(CC(F)(F)F)C1. The van der Waals surface area contributed by atoms with Crippen molar-refractivity contribution in [1.82, 2.24) is 9.80 Å². The smallest absolute Gasteiger partial charge is 0.406 e. The predicted molar refractivity (Wildman–Crippen MR) is 92.8 cm³/mol. The van der Waals surface area contributed by atoms with Gasteiger partial charge in [0.2, 0.25) is 11.8 Å². The van der Waals surface area contributed by atoms with Gasteiger partial charge in [0.15, 0.2) is 0 Å². The van der Waals surface area contributed by atoms with Crippen molar-refractivity contribution < 1.29 is 27.2 Å². The molecule has 0 bridgehead atoms. The maximum absolute atomic E-state index is 12.7. The van der Waals surface area contributed by atoms with Gasteiger partial charge in [0.25, 0.3) is 0 Å². The van der Waals surface area contributed by atoms with Crippen LogP contribution < -0.4 is 0 Å². The van der Waals surface area contributed by atoms with Crippen LogP contribution in [0.3, 0.4) is 0 Å². The molecule has 1 atom stereocenters. The van der Waals surface area contributed by atoms with E-state index in [2.05, 4.69) is 0 Å². The zero-order valence-electron chi connectivity index (χ0n) is 15.2. The van der Waals surface area contributed by atoms with Crippen molar-refractivity contribution in [3.63, 3.8) is 0 Å². The number of carbonyl (C=O) groups excluding carboxylic acids is 2. The first-order valence-electron chi connectivity index (χ1n) is 8.78. The van der Waals surface area contributed by atoms with E-state index in [4.69, 9.17) is 4.42 Å². The summed E-state index contributed by atoms with van der Waals surface area (Å²) in [5, 5.41) is 0.912. The number of amides is 2. The Kier molecular flexibility index (Phi) is 5.17. The van der Waals surface area contributed by atoms with E-state index in [1.165, 1.54) is 4.90 Å². The minimum Gasteiger partial charge on any atom is -0.461 e. The van der Waals surface area contributed by atoms with Crippen molar-refractivity contribution in [2.24, 2.45) is 5.92 Å². The van der Waals surface area contributed by atoms with Crippen LogP contribution in [0.4, 0.5) is 13.2 Å². The molecule has 1 aromatic heterocycles. The van der Waals surface area contributed by atoms with E-state index in [0.717, 1.165) is 22.3 Å². The molecule has 1 fully saturated rings. The maximum Gasteiger partial charge on any atom is 0.406 e. The predicted octanol–water partition coefficient (Wildman–Crippen LogP) is 3.36. The zero-order chi connectivity index (χ0) is 19.8. The molecule has 0 aliphatic carbocycles. The molecule has 2 aromatic rings. The van der Waals surface area contributed by atoms with E-state index < -0.39 is 24.5 Å². The second-order valence-corrected chi connectivity index (χ2v) is 6.84. The van der Waals surface area contributed by atoms with Crippen molar-refractivity contribution >= 4 is 22.8 Å². The zero-order valence-corrected chi connectivity index (χ0v) is 15.2. The Bertz CT molecular complexity index is 859. The Morgan fingerprint density at radius 1 is 1.33 bits per heavy atom. The quantitative estimate of drug-likeness (QED) is 0.797. The molecule has 2 heterocycles. The number of furan rings is 1. The summed E-state index contributed by atoms with van der Waals surface area (Å²) in [5.74, 6) is -0.951. The fraction of sp³-hybridized carbons (Fsp3) is 0.474. The van der Waals surface area contributed by atoms with Gasteiger partial charge in [-0.15, -0.1) is 0 Å². The fourth-order valence-electron chi connectivity index (χ4n) is 3.54. The monoisotopic (exact) mass is 382 g/mol. The highest BCUT2D eigenvalue weighted by Gasteiger charge is 2.41. The first-order chi connectivity index (χ1) is 12.7. The highest BCUT2D eigenvalue weighted by molar-refractivity contribution is 5.89. The Labute approximate surface area is 154 Å². The summed E-state index contributed by atoms with van der Waals surface area (Å²) in [5.41, 5.74) is 1.62. The Hall–Kier alpha value is -2.51. The average Bonchev–Trinajstić information content (AvgIpc) is 3.13. The van der Waals surface area contributed by atoms with Gasteiger partial charge in [-0.05, 0) is 6.07 Å². The molecule has 5 nitrogen and oxygen atoms in total. The molecule has 0 spiro atoms. The summed E-state index contributed by atoms with van der Waals surface area (Å²) in [6.45, 7) is 0.719. The van der Waals surface area contributed by atoms with Gasteiger partial charge in [-0.1, -0.05) is 25.1 Å². The van der Waals surface area contributed by atoms with Gasteiger partial charge in [-0.2, -0.15) is 13.2 Å². The van der Waals surface area contributed by atoms with Gasteiger partial charge >= 0.3 is 6.18 Å². The van der Waals surface area contributed by atoms with Crippen molar-refractivity contribution in [1.29, 1.82) is 0 Å². The number of hydrogen-bond donors (Lipinski definition) is 0. The molecule has 1 aliphatic rings. The first kappa shape index (κ1) is 19.3. The minimum atomic E-state index is -4.47. The van der Waals surface area contributed by atoms with E-state index in [0.29, 0.717) is 11.3 Å². The summed E-state index contributed by atoms with van der Waals surface area (Å²) in [6.07, 6.45) is -4.00. The number of halogens is 3. The molecule has 3 rings (SSSR count). The molecule has 8 heteroatoms. The lowest BCUT2D eigenvalue weighted by molar-refractivity contribution is -0.157. The van der Waals surface area contributed by atoms with E-state index in [1.54, 1.807) is 7.05 Å². The number of para-hydroxylation sites is 1. The van der Waals surface area contributed by atoms with Crippen LogP contribution in [0.25, 0.3) is 11.0 Å². The molecular weight excluding hydrogens is 361 g/mol. The van der Waals surface area contributed by atoms with Crippen LogP contribution in [0.1, 0.15) is 24.7 Å². The van der Waals surface area contributed by atoms with Crippen molar-refractivity contribution in [3.05, 3.63) is 35.6 Å². The number of carbonyl (C=O) groups is 2. The Balaban J connectivity index is 1.73. The van der Waals surface area contributed by atoms with Gasteiger partial charge in [0, 0.05) is 43.9 Å². The standard InChI is InChI=1S/C19H21F3N2O3/c1-3-15-14(13-6-4-5-7-16(13)27-15)10-23(2)18(26)12-8-17(25)24(9-12)11-19(20,21)22/h4-7,12H,3,8-11H2,1-2H3. The number of rotatable bonds is 5. The number of fused-ring (bicyclic) bond motifs is 1. The Morgan fingerprint density at radius 2 is 2.04 bits per heavy atom. The second-order valence-electron chi connectivity index (χ2n) is 6.84. The summed E-state index contributed by atoms with van der Waals surface area (Å²) in [4.78, 5) is 26.7. The van der Waals surface area contributed by atoms with Crippen LogP contribution in [0.15, 0.2) is 28.7 Å². The third-order valence-corrected chi connectivity index (χ3v) is 4.81. The molecule has 0 saturated carbocycles. The molecule has 1 aromatic carbocycles. The maximum atomic E-state index is 12.7. The van der Waals surface area contributed by atoms with E-state index in [1.807, 2.05) is 31.2 Å². The molecular formula is C19H21F3N2O3. The van der Waals surface area contributed by atoms with Gasteiger partial charge in [-0.25, -0.2) is 0 Å². The number of aryl methyl sites for hydroxylation is 1. The number of nitrogens with zero attached hydrogens (tertiary/aromatic N) is 2. The normalized spacial score (nSPS) is 17.7. The first-order valence-corrected chi connectivity index (χ1v) is 8.78. The van der Waals surface area contributed by atoms with Gasteiger partial charge < -0.3 is 14.2 Å². The van der Waals surface area contributed by atoms with Crippen molar-refractivity contribution in [3.8, 4) is 0 Å². The minimum absolute atomic E-state index is 0.188. The van der Waals surface area contributed by atoms with Crippen LogP contribution in [0, 0.1) is 5.92 Å². The summed E-state index contributed by atoms with van der Waals surface area (Å²) < 4.78 is 43.5. The molecule has 1 saturated heterocycles. The lowest BCUT2D eigenvalue weighted by Crippen LogP contribution is -2.37. The van der Waals surface area contributed by atoms with Crippen molar-refractivity contribution in [2.45, 2.75) is 32.5 Å². The number of alkyl halides is 3. The van der Waals surface area contributed by atoms with E-state index >= 15 is 0 Å². The van der Waals surface area contributed by atoms with Gasteiger partial charge in [-0.3, -0.25) is 9.59 Å². The molecule has 1 unspecified atom stereocenters. The molecule has 146 valence electrons. The summed E-state index contributed by atoms with van der Waals surface area (Å²) in [6, 6.07) is 7.51. The number of likely N-dealkylation sites (tertiary alicyclic amines) is 1. The van der Waals surface area contributed by atoms with Crippen LogP contribution in [-0.4, -0.2) is 47.9 Å². The lowest BCUT2D eigenvalue weighted by Gasteiger charge is -2.22. The van der Waals surface area contributed by atoms with Gasteiger partial charge in [0.05, 0.1) is 5.92 Å². The Morgan fingerprint density at radius 3 is 2.70 bits per heavy atom. The van der Waals surface area contributed by atoms with Crippen LogP contribution in [0.5, 0.6) is 0 Å². The van der Waals surface area contributed by atoms with E-state index in [9.17, 15) is 22.8 Å².